The van der Waals surface area contributed by atoms with Crippen molar-refractivity contribution in [3.63, 3.8) is 0 Å². The Morgan fingerprint density at radius 2 is 1.78 bits per heavy atom. The number of nitrogens with zero attached hydrogens (tertiary/aromatic N) is 1. The molecule has 0 spiro atoms. The first-order valence-electron chi connectivity index (χ1n) is 7.95. The summed E-state index contributed by atoms with van der Waals surface area (Å²) in [4.78, 5) is 24.1. The van der Waals surface area contributed by atoms with E-state index < -0.39 is 11.8 Å². The molecule has 0 radical (unpaired) electrons. The zero-order chi connectivity index (χ0) is 19.8. The molecular weight excluding hydrogens is 354 g/mol. The van der Waals surface area contributed by atoms with Gasteiger partial charge in [0.05, 0.1) is 34.1 Å². The lowest BCUT2D eigenvalue weighted by atomic mass is 10.1. The third kappa shape index (κ3) is 5.24. The number of methoxy groups -OCH3 is 3. The van der Waals surface area contributed by atoms with Crippen LogP contribution in [-0.2, 0) is 4.79 Å². The third-order valence-corrected chi connectivity index (χ3v) is 3.48. The second-order valence-corrected chi connectivity index (χ2v) is 5.34. The van der Waals surface area contributed by atoms with E-state index in [-0.39, 0.29) is 12.1 Å². The minimum absolute atomic E-state index is 0.256. The fourth-order valence-corrected chi connectivity index (χ4v) is 2.21. The molecular formula is C18H21N3O6. The summed E-state index contributed by atoms with van der Waals surface area (Å²) in [7, 11) is 4.37. The van der Waals surface area contributed by atoms with Gasteiger partial charge in [0.25, 0.3) is 11.8 Å². The normalized spacial score (nSPS) is 10.5. The van der Waals surface area contributed by atoms with Crippen LogP contribution < -0.4 is 25.0 Å². The molecule has 1 aromatic carbocycles. The predicted molar refractivity (Wildman–Crippen MR) is 97.6 cm³/mol. The van der Waals surface area contributed by atoms with Crippen molar-refractivity contribution < 1.29 is 28.2 Å². The van der Waals surface area contributed by atoms with Crippen LogP contribution in [0.25, 0.3) is 0 Å². The molecule has 0 atom stereocenters. The number of carbonyl (C=O) groups is 2. The van der Waals surface area contributed by atoms with E-state index in [9.17, 15) is 9.59 Å². The van der Waals surface area contributed by atoms with Crippen molar-refractivity contribution in [2.75, 3.05) is 27.9 Å². The quantitative estimate of drug-likeness (QED) is 0.534. The highest BCUT2D eigenvalue weighted by Crippen LogP contribution is 2.38. The molecule has 0 bridgehead atoms. The SMILES string of the molecule is COc1cc(C(=O)NCC(=O)N/N=C/c2ccc(C)o2)cc(OC)c1OC. The van der Waals surface area contributed by atoms with Crippen molar-refractivity contribution in [1.82, 2.24) is 10.7 Å². The van der Waals surface area contributed by atoms with E-state index in [1.807, 2.05) is 0 Å². The van der Waals surface area contributed by atoms with Crippen LogP contribution in [0.2, 0.25) is 0 Å². The Morgan fingerprint density at radius 1 is 1.11 bits per heavy atom. The monoisotopic (exact) mass is 375 g/mol. The van der Waals surface area contributed by atoms with Crippen LogP contribution >= 0.6 is 0 Å². The lowest BCUT2D eigenvalue weighted by Crippen LogP contribution is -2.34. The van der Waals surface area contributed by atoms with Gasteiger partial charge in [-0.05, 0) is 31.2 Å². The predicted octanol–water partition coefficient (Wildman–Crippen LogP) is 1.49. The zero-order valence-electron chi connectivity index (χ0n) is 15.5. The van der Waals surface area contributed by atoms with E-state index in [0.717, 1.165) is 5.76 Å². The van der Waals surface area contributed by atoms with Crippen LogP contribution in [0.1, 0.15) is 21.9 Å². The molecule has 27 heavy (non-hydrogen) atoms. The van der Waals surface area contributed by atoms with E-state index in [2.05, 4.69) is 15.8 Å². The first kappa shape index (κ1) is 19.8. The summed E-state index contributed by atoms with van der Waals surface area (Å²) in [6.45, 7) is 1.54. The summed E-state index contributed by atoms with van der Waals surface area (Å²) in [6, 6.07) is 6.48. The van der Waals surface area contributed by atoms with Gasteiger partial charge in [0.1, 0.15) is 11.5 Å². The largest absolute Gasteiger partial charge is 0.493 e. The van der Waals surface area contributed by atoms with E-state index in [1.165, 1.54) is 39.7 Å². The van der Waals surface area contributed by atoms with Crippen LogP contribution in [-0.4, -0.2) is 45.9 Å². The first-order chi connectivity index (χ1) is 13.0. The van der Waals surface area contributed by atoms with Crippen molar-refractivity contribution >= 4 is 18.0 Å². The Morgan fingerprint density at radius 3 is 2.30 bits per heavy atom. The maximum absolute atomic E-state index is 12.3. The molecule has 1 heterocycles. The molecule has 0 aliphatic heterocycles. The van der Waals surface area contributed by atoms with Gasteiger partial charge >= 0.3 is 0 Å². The van der Waals surface area contributed by atoms with E-state index in [1.54, 1.807) is 19.1 Å². The average Bonchev–Trinajstić information content (AvgIpc) is 3.09. The van der Waals surface area contributed by atoms with Gasteiger partial charge in [-0.15, -0.1) is 0 Å². The maximum Gasteiger partial charge on any atom is 0.259 e. The minimum Gasteiger partial charge on any atom is -0.493 e. The number of carbonyl (C=O) groups excluding carboxylic acids is 2. The summed E-state index contributed by atoms with van der Waals surface area (Å²) >= 11 is 0. The highest BCUT2D eigenvalue weighted by Gasteiger charge is 2.17. The number of furan rings is 1. The van der Waals surface area contributed by atoms with Crippen LogP contribution in [0.15, 0.2) is 33.8 Å². The number of aryl methyl sites for hydroxylation is 1. The second-order valence-electron chi connectivity index (χ2n) is 5.34. The number of hydrazone groups is 1. The highest BCUT2D eigenvalue weighted by atomic mass is 16.5. The van der Waals surface area contributed by atoms with Crippen LogP contribution in [0.4, 0.5) is 0 Å². The molecule has 9 heteroatoms. The molecule has 2 N–H and O–H groups in total. The van der Waals surface area contributed by atoms with Crippen molar-refractivity contribution in [1.29, 1.82) is 0 Å². The van der Waals surface area contributed by atoms with E-state index in [4.69, 9.17) is 18.6 Å². The average molecular weight is 375 g/mol. The molecule has 0 unspecified atom stereocenters. The number of ether oxygens (including phenoxy) is 3. The fraction of sp³-hybridized carbons (Fsp3) is 0.278. The molecule has 2 amide bonds. The third-order valence-electron chi connectivity index (χ3n) is 3.48. The standard InChI is InChI=1S/C18H21N3O6/c1-11-5-6-13(27-11)9-20-21-16(22)10-19-18(23)12-7-14(24-2)17(26-4)15(8-12)25-3/h5-9H,10H2,1-4H3,(H,19,23)(H,21,22)/b20-9+. The van der Waals surface area contributed by atoms with Crippen molar-refractivity contribution in [2.24, 2.45) is 5.10 Å². The molecule has 0 saturated heterocycles. The van der Waals surface area contributed by atoms with Gasteiger partial charge in [-0.3, -0.25) is 9.59 Å². The fourth-order valence-electron chi connectivity index (χ4n) is 2.21. The van der Waals surface area contributed by atoms with Crippen molar-refractivity contribution in [3.05, 3.63) is 41.3 Å². The van der Waals surface area contributed by atoms with Gasteiger partial charge in [-0.1, -0.05) is 0 Å². The van der Waals surface area contributed by atoms with Crippen LogP contribution in [0, 0.1) is 6.92 Å². The molecule has 9 nitrogen and oxygen atoms in total. The molecule has 144 valence electrons. The van der Waals surface area contributed by atoms with Gasteiger partial charge in [0.15, 0.2) is 11.5 Å². The minimum atomic E-state index is -0.490. The molecule has 2 rings (SSSR count). The van der Waals surface area contributed by atoms with Crippen molar-refractivity contribution in [3.8, 4) is 17.2 Å². The second kappa shape index (κ2) is 9.27. The molecule has 1 aromatic heterocycles. The molecule has 0 aliphatic carbocycles. The van der Waals surface area contributed by atoms with Gasteiger partial charge in [-0.2, -0.15) is 5.10 Å². The Bertz CT molecular complexity index is 818. The number of hydrogen-bond acceptors (Lipinski definition) is 7. The van der Waals surface area contributed by atoms with E-state index in [0.29, 0.717) is 23.0 Å². The molecule has 0 fully saturated rings. The molecule has 0 aliphatic rings. The summed E-state index contributed by atoms with van der Waals surface area (Å²) < 4.78 is 20.9. The Kier molecular flexibility index (Phi) is 6.81. The smallest absolute Gasteiger partial charge is 0.259 e. The lowest BCUT2D eigenvalue weighted by molar-refractivity contribution is -0.120. The topological polar surface area (TPSA) is 111 Å². The van der Waals surface area contributed by atoms with Crippen molar-refractivity contribution in [2.45, 2.75) is 6.92 Å². The number of benzene rings is 1. The lowest BCUT2D eigenvalue weighted by Gasteiger charge is -2.13. The maximum atomic E-state index is 12.3. The highest BCUT2D eigenvalue weighted by molar-refractivity contribution is 5.97. The Balaban J connectivity index is 1.94. The number of amides is 2. The Labute approximate surface area is 156 Å². The summed E-state index contributed by atoms with van der Waals surface area (Å²) in [5, 5.41) is 6.25. The van der Waals surface area contributed by atoms with Gasteiger partial charge < -0.3 is 23.9 Å². The van der Waals surface area contributed by atoms with Gasteiger partial charge in [-0.25, -0.2) is 5.43 Å². The number of rotatable bonds is 8. The van der Waals surface area contributed by atoms with Crippen LogP contribution in [0.5, 0.6) is 17.2 Å². The number of hydrogen-bond donors (Lipinski definition) is 2. The molecule has 2 aromatic rings. The summed E-state index contributed by atoms with van der Waals surface area (Å²) in [5.74, 6) is 1.33. The number of nitrogens with one attached hydrogen (secondary N) is 2. The first-order valence-corrected chi connectivity index (χ1v) is 7.95. The summed E-state index contributed by atoms with van der Waals surface area (Å²) in [5.41, 5.74) is 2.55. The Hall–Kier alpha value is -3.49. The van der Waals surface area contributed by atoms with Gasteiger partial charge in [0, 0.05) is 5.56 Å². The van der Waals surface area contributed by atoms with E-state index >= 15 is 0 Å². The zero-order valence-corrected chi connectivity index (χ0v) is 15.5. The van der Waals surface area contributed by atoms with Gasteiger partial charge in [0.2, 0.25) is 5.75 Å². The van der Waals surface area contributed by atoms with Crippen LogP contribution in [0.3, 0.4) is 0 Å². The molecule has 0 saturated carbocycles. The summed E-state index contributed by atoms with van der Waals surface area (Å²) in [6.07, 6.45) is 1.37.